The molecule has 0 bridgehead atoms. The first-order chi connectivity index (χ1) is 12.1. The van der Waals surface area contributed by atoms with Gasteiger partial charge < -0.3 is 5.32 Å². The molecule has 3 heteroatoms. The number of nitrogens with one attached hydrogen (secondary N) is 1. The van der Waals surface area contributed by atoms with Gasteiger partial charge in [0.1, 0.15) is 0 Å². The SMILES string of the molecule is C[C@H](N[C@H](C)c1ccccc1)c1cccc([C@@H](C)N2CCCCC2)n1. The smallest absolute Gasteiger partial charge is 0.0576 e. The summed E-state index contributed by atoms with van der Waals surface area (Å²) in [5.74, 6) is 0. The molecule has 0 unspecified atom stereocenters. The van der Waals surface area contributed by atoms with Crippen LogP contribution >= 0.6 is 0 Å². The van der Waals surface area contributed by atoms with Crippen LogP contribution in [0.2, 0.25) is 0 Å². The van der Waals surface area contributed by atoms with Crippen molar-refractivity contribution in [2.45, 2.75) is 58.2 Å². The molecule has 0 spiro atoms. The van der Waals surface area contributed by atoms with E-state index in [1.54, 1.807) is 0 Å². The molecule has 1 aromatic carbocycles. The van der Waals surface area contributed by atoms with E-state index >= 15 is 0 Å². The van der Waals surface area contributed by atoms with Crippen molar-refractivity contribution in [3.05, 3.63) is 65.5 Å². The fourth-order valence-corrected chi connectivity index (χ4v) is 3.73. The van der Waals surface area contributed by atoms with E-state index in [0.29, 0.717) is 12.1 Å². The molecule has 3 atom stereocenters. The van der Waals surface area contributed by atoms with E-state index in [-0.39, 0.29) is 6.04 Å². The molecule has 3 rings (SSSR count). The summed E-state index contributed by atoms with van der Waals surface area (Å²) in [4.78, 5) is 7.56. The Morgan fingerprint density at radius 3 is 2.20 bits per heavy atom. The van der Waals surface area contributed by atoms with Crippen LogP contribution in [0.15, 0.2) is 48.5 Å². The van der Waals surface area contributed by atoms with E-state index in [1.165, 1.54) is 43.6 Å². The van der Waals surface area contributed by atoms with Gasteiger partial charge in [-0.3, -0.25) is 9.88 Å². The Hall–Kier alpha value is -1.71. The Balaban J connectivity index is 1.67. The van der Waals surface area contributed by atoms with E-state index in [2.05, 4.69) is 79.5 Å². The molecule has 0 aliphatic carbocycles. The minimum absolute atomic E-state index is 0.226. The molecule has 2 heterocycles. The van der Waals surface area contributed by atoms with Gasteiger partial charge in [-0.25, -0.2) is 0 Å². The monoisotopic (exact) mass is 337 g/mol. The Morgan fingerprint density at radius 2 is 1.48 bits per heavy atom. The molecular formula is C22H31N3. The summed E-state index contributed by atoms with van der Waals surface area (Å²) >= 11 is 0. The molecule has 2 aromatic rings. The van der Waals surface area contributed by atoms with Gasteiger partial charge in [0.05, 0.1) is 11.4 Å². The van der Waals surface area contributed by atoms with Crippen LogP contribution in [-0.2, 0) is 0 Å². The molecule has 1 aliphatic rings. The zero-order valence-electron chi connectivity index (χ0n) is 15.8. The minimum atomic E-state index is 0.226. The maximum absolute atomic E-state index is 4.99. The standard InChI is InChI=1S/C22H31N3/c1-17(20-11-6-4-7-12-20)23-18(2)21-13-10-14-22(24-21)19(3)25-15-8-5-9-16-25/h4,6-7,10-14,17-19,23H,5,8-9,15-16H2,1-3H3/t17-,18+,19-/m1/s1. The van der Waals surface area contributed by atoms with Gasteiger partial charge in [-0.2, -0.15) is 0 Å². The topological polar surface area (TPSA) is 28.2 Å². The van der Waals surface area contributed by atoms with Crippen molar-refractivity contribution in [1.82, 2.24) is 15.2 Å². The summed E-state index contributed by atoms with van der Waals surface area (Å²) in [7, 11) is 0. The molecule has 0 radical (unpaired) electrons. The highest BCUT2D eigenvalue weighted by molar-refractivity contribution is 5.20. The molecule has 1 fully saturated rings. The zero-order valence-corrected chi connectivity index (χ0v) is 15.8. The summed E-state index contributed by atoms with van der Waals surface area (Å²) < 4.78 is 0. The lowest BCUT2D eigenvalue weighted by molar-refractivity contribution is 0.171. The summed E-state index contributed by atoms with van der Waals surface area (Å²) in [5.41, 5.74) is 3.64. The third-order valence-electron chi connectivity index (χ3n) is 5.40. The van der Waals surface area contributed by atoms with Crippen LogP contribution < -0.4 is 5.32 Å². The predicted molar refractivity (Wildman–Crippen MR) is 104 cm³/mol. The lowest BCUT2D eigenvalue weighted by Gasteiger charge is -2.32. The fraction of sp³-hybridized carbons (Fsp3) is 0.500. The lowest BCUT2D eigenvalue weighted by Crippen LogP contribution is -2.33. The second-order valence-corrected chi connectivity index (χ2v) is 7.28. The molecule has 1 aromatic heterocycles. The van der Waals surface area contributed by atoms with Crippen LogP contribution in [0.5, 0.6) is 0 Å². The first-order valence-corrected chi connectivity index (χ1v) is 9.67. The van der Waals surface area contributed by atoms with E-state index in [1.807, 2.05) is 0 Å². The summed E-state index contributed by atoms with van der Waals surface area (Å²) in [5, 5.41) is 3.68. The quantitative estimate of drug-likeness (QED) is 0.800. The number of rotatable bonds is 6. The summed E-state index contributed by atoms with van der Waals surface area (Å²) in [6.45, 7) is 9.11. The molecule has 1 N–H and O–H groups in total. The van der Waals surface area contributed by atoms with E-state index in [0.717, 1.165) is 5.69 Å². The first kappa shape index (κ1) is 18.1. The second-order valence-electron chi connectivity index (χ2n) is 7.28. The van der Waals surface area contributed by atoms with Crippen molar-refractivity contribution in [2.75, 3.05) is 13.1 Å². The molecule has 0 amide bonds. The maximum Gasteiger partial charge on any atom is 0.0576 e. The number of piperidine rings is 1. The van der Waals surface area contributed by atoms with Crippen molar-refractivity contribution >= 4 is 0 Å². The highest BCUT2D eigenvalue weighted by atomic mass is 15.2. The average Bonchev–Trinajstić information content (AvgIpc) is 2.68. The fourth-order valence-electron chi connectivity index (χ4n) is 3.73. The number of aromatic nitrogens is 1. The lowest BCUT2D eigenvalue weighted by atomic mass is 10.0. The number of benzene rings is 1. The molecule has 1 aliphatic heterocycles. The van der Waals surface area contributed by atoms with Crippen LogP contribution in [0.4, 0.5) is 0 Å². The zero-order chi connectivity index (χ0) is 17.6. The van der Waals surface area contributed by atoms with Gasteiger partial charge in [-0.15, -0.1) is 0 Å². The molecule has 134 valence electrons. The normalized spacial score (nSPS) is 19.3. The molecule has 1 saturated heterocycles. The van der Waals surface area contributed by atoms with Gasteiger partial charge in [-0.1, -0.05) is 42.8 Å². The van der Waals surface area contributed by atoms with Gasteiger partial charge >= 0.3 is 0 Å². The second kappa shape index (κ2) is 8.59. The number of pyridine rings is 1. The third-order valence-corrected chi connectivity index (χ3v) is 5.40. The van der Waals surface area contributed by atoms with Crippen molar-refractivity contribution < 1.29 is 0 Å². The van der Waals surface area contributed by atoms with Gasteiger partial charge in [0, 0.05) is 18.1 Å². The van der Waals surface area contributed by atoms with E-state index in [9.17, 15) is 0 Å². The highest BCUT2D eigenvalue weighted by Crippen LogP contribution is 2.24. The maximum atomic E-state index is 4.99. The first-order valence-electron chi connectivity index (χ1n) is 9.67. The summed E-state index contributed by atoms with van der Waals surface area (Å²) in [6, 6.07) is 18.0. The third kappa shape index (κ3) is 4.68. The van der Waals surface area contributed by atoms with Crippen molar-refractivity contribution in [2.24, 2.45) is 0 Å². The van der Waals surface area contributed by atoms with Crippen molar-refractivity contribution in [3.63, 3.8) is 0 Å². The Morgan fingerprint density at radius 1 is 0.800 bits per heavy atom. The number of nitrogens with zero attached hydrogens (tertiary/aromatic N) is 2. The largest absolute Gasteiger partial charge is 0.302 e. The highest BCUT2D eigenvalue weighted by Gasteiger charge is 2.20. The van der Waals surface area contributed by atoms with Crippen LogP contribution in [0.25, 0.3) is 0 Å². The van der Waals surface area contributed by atoms with Crippen LogP contribution in [0, 0.1) is 0 Å². The van der Waals surface area contributed by atoms with Crippen LogP contribution in [0.1, 0.15) is 75.1 Å². The molecule has 3 nitrogen and oxygen atoms in total. The van der Waals surface area contributed by atoms with Gasteiger partial charge in [0.2, 0.25) is 0 Å². The Kier molecular flexibility index (Phi) is 6.22. The number of likely N-dealkylation sites (tertiary alicyclic amines) is 1. The molecular weight excluding hydrogens is 306 g/mol. The Bertz CT molecular complexity index is 649. The van der Waals surface area contributed by atoms with Gasteiger partial charge in [-0.05, 0) is 64.4 Å². The van der Waals surface area contributed by atoms with Gasteiger partial charge in [0.15, 0.2) is 0 Å². The Labute approximate surface area is 152 Å². The molecule has 25 heavy (non-hydrogen) atoms. The predicted octanol–water partition coefficient (Wildman–Crippen LogP) is 5.04. The van der Waals surface area contributed by atoms with Crippen LogP contribution in [0.3, 0.4) is 0 Å². The number of hydrogen-bond donors (Lipinski definition) is 1. The van der Waals surface area contributed by atoms with E-state index < -0.39 is 0 Å². The van der Waals surface area contributed by atoms with E-state index in [4.69, 9.17) is 4.98 Å². The minimum Gasteiger partial charge on any atom is -0.302 e. The number of hydrogen-bond acceptors (Lipinski definition) is 3. The van der Waals surface area contributed by atoms with Crippen molar-refractivity contribution in [1.29, 1.82) is 0 Å². The average molecular weight is 338 g/mol. The molecule has 0 saturated carbocycles. The van der Waals surface area contributed by atoms with Crippen molar-refractivity contribution in [3.8, 4) is 0 Å². The van der Waals surface area contributed by atoms with Gasteiger partial charge in [0.25, 0.3) is 0 Å². The van der Waals surface area contributed by atoms with Crippen LogP contribution in [-0.4, -0.2) is 23.0 Å². The summed E-state index contributed by atoms with van der Waals surface area (Å²) in [6.07, 6.45) is 4.00.